The first-order chi connectivity index (χ1) is 10.2. The Morgan fingerprint density at radius 3 is 2.71 bits per heavy atom. The summed E-state index contributed by atoms with van der Waals surface area (Å²) in [6, 6.07) is 6.67. The van der Waals surface area contributed by atoms with Crippen LogP contribution in [0.25, 0.3) is 11.5 Å². The lowest BCUT2D eigenvalue weighted by Gasteiger charge is -2.08. The van der Waals surface area contributed by atoms with Crippen LogP contribution in [-0.4, -0.2) is 21.3 Å². The van der Waals surface area contributed by atoms with E-state index in [9.17, 15) is 9.90 Å². The van der Waals surface area contributed by atoms with Gasteiger partial charge in [-0.15, -0.1) is 10.2 Å². The Kier molecular flexibility index (Phi) is 5.09. The third kappa shape index (κ3) is 3.48. The first-order valence-electron chi connectivity index (χ1n) is 7.33. The molecule has 5 nitrogen and oxygen atoms in total. The number of carboxylic acid groups (broad SMARTS) is 1. The van der Waals surface area contributed by atoms with E-state index in [-0.39, 0.29) is 17.4 Å². The molecule has 2 rings (SSSR count). The van der Waals surface area contributed by atoms with Crippen LogP contribution in [0.2, 0.25) is 0 Å². The predicted molar refractivity (Wildman–Crippen MR) is 79.3 cm³/mol. The maximum Gasteiger partial charge on any atom is 0.336 e. The van der Waals surface area contributed by atoms with Gasteiger partial charge in [-0.3, -0.25) is 0 Å². The maximum atomic E-state index is 11.2. The number of carboxylic acids is 1. The lowest BCUT2D eigenvalue weighted by atomic mass is 9.99. The van der Waals surface area contributed by atoms with Crippen molar-refractivity contribution in [3.8, 4) is 11.5 Å². The number of nitrogens with zero attached hydrogens (tertiary/aromatic N) is 2. The van der Waals surface area contributed by atoms with Crippen LogP contribution in [0.1, 0.15) is 61.7 Å². The average molecular weight is 288 g/mol. The van der Waals surface area contributed by atoms with Gasteiger partial charge in [0.15, 0.2) is 0 Å². The quantitative estimate of drug-likeness (QED) is 0.829. The van der Waals surface area contributed by atoms with Crippen LogP contribution < -0.4 is 0 Å². The van der Waals surface area contributed by atoms with Crippen molar-refractivity contribution in [2.75, 3.05) is 0 Å². The Balaban J connectivity index is 2.29. The third-order valence-electron chi connectivity index (χ3n) is 3.58. The normalized spacial score (nSPS) is 12.3. The molecule has 1 aromatic heterocycles. The van der Waals surface area contributed by atoms with E-state index in [1.807, 2.05) is 0 Å². The largest absolute Gasteiger partial charge is 0.478 e. The second-order valence-corrected chi connectivity index (χ2v) is 5.04. The van der Waals surface area contributed by atoms with Crippen molar-refractivity contribution in [2.45, 2.75) is 45.4 Å². The number of aromatic carboxylic acids is 1. The van der Waals surface area contributed by atoms with Crippen molar-refractivity contribution in [1.29, 1.82) is 0 Å². The smallest absolute Gasteiger partial charge is 0.336 e. The SMILES string of the molecule is CCCCC(CC)c1nnc(-c2ccccc2C(=O)O)o1. The molecule has 21 heavy (non-hydrogen) atoms. The van der Waals surface area contributed by atoms with Crippen LogP contribution >= 0.6 is 0 Å². The van der Waals surface area contributed by atoms with Gasteiger partial charge in [0.25, 0.3) is 0 Å². The number of aromatic nitrogens is 2. The number of unbranched alkanes of at least 4 members (excludes halogenated alkanes) is 1. The van der Waals surface area contributed by atoms with E-state index in [4.69, 9.17) is 4.42 Å². The van der Waals surface area contributed by atoms with Gasteiger partial charge in [0, 0.05) is 5.92 Å². The van der Waals surface area contributed by atoms with Gasteiger partial charge in [0.1, 0.15) is 0 Å². The van der Waals surface area contributed by atoms with E-state index in [2.05, 4.69) is 24.0 Å². The molecule has 0 saturated heterocycles. The number of carbonyl (C=O) groups is 1. The molecule has 112 valence electrons. The standard InChI is InChI=1S/C16H20N2O3/c1-3-5-8-11(4-2)14-17-18-15(21-14)12-9-6-7-10-13(12)16(19)20/h6-7,9-11H,3-5,8H2,1-2H3,(H,19,20). The fraction of sp³-hybridized carbons (Fsp3) is 0.438. The highest BCUT2D eigenvalue weighted by atomic mass is 16.4. The fourth-order valence-corrected chi connectivity index (χ4v) is 2.32. The average Bonchev–Trinajstić information content (AvgIpc) is 2.97. The topological polar surface area (TPSA) is 76.2 Å². The van der Waals surface area contributed by atoms with Gasteiger partial charge >= 0.3 is 5.97 Å². The molecule has 0 bridgehead atoms. The molecule has 1 heterocycles. The van der Waals surface area contributed by atoms with Crippen molar-refractivity contribution in [2.24, 2.45) is 0 Å². The summed E-state index contributed by atoms with van der Waals surface area (Å²) < 4.78 is 5.73. The zero-order valence-corrected chi connectivity index (χ0v) is 12.4. The van der Waals surface area contributed by atoms with Gasteiger partial charge in [-0.2, -0.15) is 0 Å². The van der Waals surface area contributed by atoms with E-state index in [0.29, 0.717) is 11.5 Å². The summed E-state index contributed by atoms with van der Waals surface area (Å²) in [7, 11) is 0. The Hall–Kier alpha value is -2.17. The molecule has 1 unspecified atom stereocenters. The number of benzene rings is 1. The van der Waals surface area contributed by atoms with Gasteiger partial charge in [0.05, 0.1) is 11.1 Å². The molecule has 5 heteroatoms. The molecule has 1 N–H and O–H groups in total. The zero-order chi connectivity index (χ0) is 15.2. The molecule has 0 saturated carbocycles. The highest BCUT2D eigenvalue weighted by molar-refractivity contribution is 5.94. The Morgan fingerprint density at radius 2 is 2.05 bits per heavy atom. The first-order valence-corrected chi connectivity index (χ1v) is 7.33. The summed E-state index contributed by atoms with van der Waals surface area (Å²) in [5.74, 6) is 0.116. The summed E-state index contributed by atoms with van der Waals surface area (Å²) in [4.78, 5) is 11.2. The van der Waals surface area contributed by atoms with Gasteiger partial charge in [-0.25, -0.2) is 4.79 Å². The second-order valence-electron chi connectivity index (χ2n) is 5.04. The molecular weight excluding hydrogens is 268 g/mol. The molecule has 0 aliphatic heterocycles. The predicted octanol–water partition coefficient (Wildman–Crippen LogP) is 4.12. The summed E-state index contributed by atoms with van der Waals surface area (Å²) in [6.45, 7) is 4.24. The van der Waals surface area contributed by atoms with E-state index < -0.39 is 5.97 Å². The number of hydrogen-bond donors (Lipinski definition) is 1. The molecule has 0 fully saturated rings. The van der Waals surface area contributed by atoms with E-state index in [1.165, 1.54) is 6.07 Å². The zero-order valence-electron chi connectivity index (χ0n) is 12.4. The molecule has 0 aliphatic carbocycles. The summed E-state index contributed by atoms with van der Waals surface area (Å²) in [5, 5.41) is 17.3. The third-order valence-corrected chi connectivity index (χ3v) is 3.58. The second kappa shape index (κ2) is 7.02. The number of hydrogen-bond acceptors (Lipinski definition) is 4. The van der Waals surface area contributed by atoms with Crippen molar-refractivity contribution in [3.05, 3.63) is 35.7 Å². The molecule has 0 radical (unpaired) electrons. The van der Waals surface area contributed by atoms with Crippen molar-refractivity contribution in [3.63, 3.8) is 0 Å². The molecule has 1 aromatic carbocycles. The van der Waals surface area contributed by atoms with Crippen LogP contribution in [0.4, 0.5) is 0 Å². The Morgan fingerprint density at radius 1 is 1.29 bits per heavy atom. The van der Waals surface area contributed by atoms with E-state index >= 15 is 0 Å². The van der Waals surface area contributed by atoms with Gasteiger partial charge < -0.3 is 9.52 Å². The summed E-state index contributed by atoms with van der Waals surface area (Å²) in [5.41, 5.74) is 0.642. The highest BCUT2D eigenvalue weighted by Gasteiger charge is 2.20. The van der Waals surface area contributed by atoms with Gasteiger partial charge in [-0.05, 0) is 25.0 Å². The summed E-state index contributed by atoms with van der Waals surface area (Å²) in [6.07, 6.45) is 4.18. The molecule has 0 spiro atoms. The van der Waals surface area contributed by atoms with Gasteiger partial charge in [-0.1, -0.05) is 38.8 Å². The van der Waals surface area contributed by atoms with Crippen molar-refractivity contribution in [1.82, 2.24) is 10.2 Å². The van der Waals surface area contributed by atoms with Crippen LogP contribution in [0.15, 0.2) is 28.7 Å². The molecule has 0 aliphatic rings. The van der Waals surface area contributed by atoms with E-state index in [0.717, 1.165) is 25.7 Å². The van der Waals surface area contributed by atoms with Crippen molar-refractivity contribution >= 4 is 5.97 Å². The minimum Gasteiger partial charge on any atom is -0.478 e. The monoisotopic (exact) mass is 288 g/mol. The summed E-state index contributed by atoms with van der Waals surface area (Å²) >= 11 is 0. The van der Waals surface area contributed by atoms with E-state index in [1.54, 1.807) is 18.2 Å². The Bertz CT molecular complexity index is 607. The van der Waals surface area contributed by atoms with Crippen molar-refractivity contribution < 1.29 is 14.3 Å². The van der Waals surface area contributed by atoms with Crippen LogP contribution in [0.3, 0.4) is 0 Å². The fourth-order valence-electron chi connectivity index (χ4n) is 2.32. The number of rotatable bonds is 7. The van der Waals surface area contributed by atoms with Crippen LogP contribution in [0.5, 0.6) is 0 Å². The van der Waals surface area contributed by atoms with Crippen LogP contribution in [0, 0.1) is 0 Å². The highest BCUT2D eigenvalue weighted by Crippen LogP contribution is 2.28. The lowest BCUT2D eigenvalue weighted by molar-refractivity contribution is 0.0697. The minimum atomic E-state index is -0.997. The maximum absolute atomic E-state index is 11.2. The minimum absolute atomic E-state index is 0.175. The molecule has 2 aromatic rings. The molecule has 0 amide bonds. The first kappa shape index (κ1) is 15.2. The molecular formula is C16H20N2O3. The lowest BCUT2D eigenvalue weighted by Crippen LogP contribution is -1.99. The molecule has 1 atom stereocenters. The van der Waals surface area contributed by atoms with Gasteiger partial charge in [0.2, 0.25) is 11.8 Å². The van der Waals surface area contributed by atoms with Crippen LogP contribution in [-0.2, 0) is 0 Å². The Labute approximate surface area is 124 Å².